The Balaban J connectivity index is 0.000000224. The molecule has 13 nitrogen and oxygen atoms in total. The van der Waals surface area contributed by atoms with Crippen molar-refractivity contribution in [1.29, 1.82) is 0 Å². The normalized spacial score (nSPS) is 11.9. The Labute approximate surface area is 340 Å². The molecule has 0 amide bonds. The summed E-state index contributed by atoms with van der Waals surface area (Å²) in [4.78, 5) is 33.8. The van der Waals surface area contributed by atoms with Crippen LogP contribution in [0.2, 0.25) is 0 Å². The second kappa shape index (κ2) is 17.2. The monoisotopic (exact) mass is 920 g/mol. The van der Waals surface area contributed by atoms with Gasteiger partial charge in [0.25, 0.3) is 0 Å². The predicted molar refractivity (Wildman–Crippen MR) is 216 cm³/mol. The number of hydrogen-bond donors (Lipinski definition) is 0. The molecule has 0 unspecified atom stereocenters. The summed E-state index contributed by atoms with van der Waals surface area (Å²) in [7, 11) is -6.01. The van der Waals surface area contributed by atoms with Crippen LogP contribution in [0.1, 0.15) is 96.6 Å². The molecule has 0 aliphatic heterocycles. The first kappa shape index (κ1) is 43.0. The van der Waals surface area contributed by atoms with Crippen LogP contribution in [0.3, 0.4) is 0 Å². The maximum atomic E-state index is 12.9. The Morgan fingerprint density at radius 2 is 1.18 bits per heavy atom. The van der Waals surface area contributed by atoms with Crippen molar-refractivity contribution in [3.8, 4) is 17.3 Å². The first-order chi connectivity index (χ1) is 26.8. The predicted octanol–water partition coefficient (Wildman–Crippen LogP) is 8.89. The molecule has 18 heteroatoms. The first-order valence-electron chi connectivity index (χ1n) is 17.8. The van der Waals surface area contributed by atoms with Gasteiger partial charge in [0.1, 0.15) is 3.70 Å². The molecule has 0 saturated heterocycles. The lowest BCUT2D eigenvalue weighted by atomic mass is 10.0. The van der Waals surface area contributed by atoms with Crippen LogP contribution < -0.4 is 4.18 Å². The smallest absolute Gasteiger partial charge is 0.462 e. The van der Waals surface area contributed by atoms with E-state index in [1.54, 1.807) is 38.1 Å². The number of alkyl halides is 3. The summed E-state index contributed by atoms with van der Waals surface area (Å²) in [5.41, 5.74) is 0.0331. The van der Waals surface area contributed by atoms with Crippen LogP contribution in [0.25, 0.3) is 33.4 Å². The van der Waals surface area contributed by atoms with Gasteiger partial charge in [0, 0.05) is 6.07 Å². The van der Waals surface area contributed by atoms with Crippen LogP contribution in [0.5, 0.6) is 5.88 Å². The first-order valence-corrected chi connectivity index (χ1v) is 20.3. The number of halogens is 4. The highest BCUT2D eigenvalue weighted by Gasteiger charge is 2.49. The van der Waals surface area contributed by atoms with Crippen molar-refractivity contribution >= 4 is 66.7 Å². The van der Waals surface area contributed by atoms with Gasteiger partial charge in [0.15, 0.2) is 11.3 Å². The Hall–Kier alpha value is -5.11. The number of fused-ring (bicyclic) bond motifs is 2. The van der Waals surface area contributed by atoms with Crippen molar-refractivity contribution in [3.05, 3.63) is 98.0 Å². The fourth-order valence-corrected chi connectivity index (χ4v) is 6.81. The molecule has 6 rings (SSSR count). The number of aryl methyl sites for hydroxylation is 2. The van der Waals surface area contributed by atoms with E-state index in [0.717, 1.165) is 37.7 Å². The Kier molecular flexibility index (Phi) is 13.0. The van der Waals surface area contributed by atoms with Gasteiger partial charge in [-0.1, -0.05) is 52.0 Å². The number of benzene rings is 2. The molecule has 0 radical (unpaired) electrons. The highest BCUT2D eigenvalue weighted by atomic mass is 127. The van der Waals surface area contributed by atoms with E-state index in [1.165, 1.54) is 4.68 Å². The van der Waals surface area contributed by atoms with E-state index in [1.807, 2.05) is 56.6 Å². The van der Waals surface area contributed by atoms with Gasteiger partial charge in [-0.3, -0.25) is 0 Å². The van der Waals surface area contributed by atoms with Crippen LogP contribution in [0.15, 0.2) is 60.7 Å². The quantitative estimate of drug-likeness (QED) is 0.0425. The molecule has 0 saturated carbocycles. The van der Waals surface area contributed by atoms with Crippen molar-refractivity contribution in [1.82, 2.24) is 29.5 Å². The topological polar surface area (TPSA) is 157 Å². The summed E-state index contributed by atoms with van der Waals surface area (Å²) in [5, 5.41) is 10.3. The summed E-state index contributed by atoms with van der Waals surface area (Å²) in [6.07, 6.45) is 0. The zero-order valence-electron chi connectivity index (χ0n) is 32.3. The molecule has 4 aromatic heterocycles. The van der Waals surface area contributed by atoms with Crippen LogP contribution in [0, 0.1) is 17.5 Å². The van der Waals surface area contributed by atoms with Gasteiger partial charge in [-0.2, -0.15) is 36.8 Å². The van der Waals surface area contributed by atoms with Crippen LogP contribution in [0.4, 0.5) is 13.2 Å². The maximum Gasteiger partial charge on any atom is 0.534 e. The highest BCUT2D eigenvalue weighted by Crippen LogP contribution is 2.35. The standard InChI is InChI=1S/C20H20F3N3O5S.C19H20IN3O2/c1-5-30-19(27)14-10-15(31-32(28,29)20(21,22)23)24-18-16(14)17(11(2)3)25-26(18)13-8-6-7-12(4)9-13;1-5-25-19(24)14-10-15(20)21-18-16(14)17(11(2)3)22-23(18)13-8-6-7-12(4)9-13/h6-11H,5H2,1-4H3;6-11H,5H2,1-4H3. The average molecular weight is 921 g/mol. The third-order valence-corrected chi connectivity index (χ3v) is 9.84. The minimum absolute atomic E-state index is 0.0112. The Morgan fingerprint density at radius 3 is 1.58 bits per heavy atom. The minimum atomic E-state index is -6.01. The fourth-order valence-electron chi connectivity index (χ4n) is 5.86. The third kappa shape index (κ3) is 9.22. The molecule has 0 aliphatic carbocycles. The average Bonchev–Trinajstić information content (AvgIpc) is 3.70. The number of pyridine rings is 2. The van der Waals surface area contributed by atoms with E-state index in [2.05, 4.69) is 61.8 Å². The lowest BCUT2D eigenvalue weighted by molar-refractivity contribution is -0.0501. The van der Waals surface area contributed by atoms with Gasteiger partial charge in [-0.05, 0) is 104 Å². The van der Waals surface area contributed by atoms with Crippen LogP contribution in [-0.2, 0) is 19.6 Å². The summed E-state index contributed by atoms with van der Waals surface area (Å²) in [5.74, 6) is -2.19. The van der Waals surface area contributed by atoms with E-state index in [0.29, 0.717) is 29.2 Å². The molecule has 57 heavy (non-hydrogen) atoms. The molecule has 0 N–H and O–H groups in total. The number of hydrogen-bond acceptors (Lipinski definition) is 11. The number of nitrogens with zero attached hydrogens (tertiary/aromatic N) is 6. The van der Waals surface area contributed by atoms with Crippen molar-refractivity contribution in [2.24, 2.45) is 0 Å². The minimum Gasteiger partial charge on any atom is -0.462 e. The molecule has 302 valence electrons. The number of ether oxygens (including phenoxy) is 2. The molecular formula is C39H40F3IN6O7S. The number of carbonyl (C=O) groups excluding carboxylic acids is 2. The van der Waals surface area contributed by atoms with E-state index in [4.69, 9.17) is 14.6 Å². The number of rotatable bonds is 10. The van der Waals surface area contributed by atoms with Gasteiger partial charge in [0.2, 0.25) is 5.88 Å². The van der Waals surface area contributed by atoms with E-state index in [-0.39, 0.29) is 41.0 Å². The second-order valence-corrected chi connectivity index (χ2v) is 16.0. The molecule has 0 spiro atoms. The van der Waals surface area contributed by atoms with Gasteiger partial charge >= 0.3 is 27.6 Å². The van der Waals surface area contributed by atoms with Crippen LogP contribution >= 0.6 is 22.6 Å². The SMILES string of the molecule is CCOC(=O)c1cc(I)nc2c1c(C(C)C)nn2-c1cccc(C)c1.CCOC(=O)c1cc(OS(=O)(=O)C(F)(F)F)nc2c1c(C(C)C)nn2-c1cccc(C)c1. The van der Waals surface area contributed by atoms with Gasteiger partial charge in [-0.25, -0.2) is 23.9 Å². The van der Waals surface area contributed by atoms with Crippen LogP contribution in [-0.4, -0.2) is 68.6 Å². The largest absolute Gasteiger partial charge is 0.534 e. The second-order valence-electron chi connectivity index (χ2n) is 13.4. The summed E-state index contributed by atoms with van der Waals surface area (Å²) < 4.78 is 80.1. The molecule has 6 aromatic rings. The van der Waals surface area contributed by atoms with E-state index >= 15 is 0 Å². The summed E-state index contributed by atoms with van der Waals surface area (Å²) in [6, 6.07) is 17.7. The van der Waals surface area contributed by atoms with Crippen molar-refractivity contribution < 1.29 is 44.8 Å². The summed E-state index contributed by atoms with van der Waals surface area (Å²) in [6.45, 7) is 15.3. The molecule has 2 aromatic carbocycles. The number of aromatic nitrogens is 6. The molecule has 4 heterocycles. The number of esters is 2. The zero-order chi connectivity index (χ0) is 42.0. The Morgan fingerprint density at radius 1 is 0.737 bits per heavy atom. The molecule has 0 aliphatic rings. The molecule has 0 atom stereocenters. The maximum absolute atomic E-state index is 12.9. The summed E-state index contributed by atoms with van der Waals surface area (Å²) >= 11 is 2.12. The lowest BCUT2D eigenvalue weighted by Crippen LogP contribution is -2.28. The zero-order valence-corrected chi connectivity index (χ0v) is 35.3. The highest BCUT2D eigenvalue weighted by molar-refractivity contribution is 14.1. The van der Waals surface area contributed by atoms with Gasteiger partial charge < -0.3 is 13.7 Å². The fraction of sp³-hybridized carbons (Fsp3) is 0.333. The van der Waals surface area contributed by atoms with Crippen molar-refractivity contribution in [2.45, 2.75) is 72.7 Å². The third-order valence-electron chi connectivity index (χ3n) is 8.33. The van der Waals surface area contributed by atoms with E-state index in [9.17, 15) is 31.2 Å². The van der Waals surface area contributed by atoms with Crippen molar-refractivity contribution in [2.75, 3.05) is 13.2 Å². The molecular weight excluding hydrogens is 880 g/mol. The molecule has 0 bridgehead atoms. The lowest BCUT2D eigenvalue weighted by Gasteiger charge is -2.11. The van der Waals surface area contributed by atoms with Gasteiger partial charge in [0.05, 0.1) is 57.9 Å². The Bertz CT molecular complexity index is 2590. The van der Waals surface area contributed by atoms with E-state index < -0.39 is 27.5 Å². The van der Waals surface area contributed by atoms with Crippen molar-refractivity contribution in [3.63, 3.8) is 0 Å². The number of carbonyl (C=O) groups is 2. The molecule has 0 fully saturated rings. The van der Waals surface area contributed by atoms with Gasteiger partial charge in [-0.15, -0.1) is 0 Å².